The van der Waals surface area contributed by atoms with Gasteiger partial charge in [-0.25, -0.2) is 0 Å². The second-order valence-corrected chi connectivity index (χ2v) is 5.36. The molecular weight excluding hydrogens is 248 g/mol. The molecular formula is C17H18N2O. The van der Waals surface area contributed by atoms with Gasteiger partial charge in [-0.2, -0.15) is 0 Å². The highest BCUT2D eigenvalue weighted by molar-refractivity contribution is 6.01. The van der Waals surface area contributed by atoms with E-state index >= 15 is 0 Å². The zero-order valence-electron chi connectivity index (χ0n) is 12.1. The average molecular weight is 266 g/mol. The lowest BCUT2D eigenvalue weighted by Crippen LogP contribution is -2.27. The molecule has 3 nitrogen and oxygen atoms in total. The van der Waals surface area contributed by atoms with Crippen molar-refractivity contribution in [3.63, 3.8) is 0 Å². The quantitative estimate of drug-likeness (QED) is 0.779. The molecule has 2 aromatic rings. The van der Waals surface area contributed by atoms with Crippen LogP contribution in [0.25, 0.3) is 5.57 Å². The predicted octanol–water partition coefficient (Wildman–Crippen LogP) is 2.85. The average Bonchev–Trinajstić information content (AvgIpc) is 2.76. The highest BCUT2D eigenvalue weighted by Gasteiger charge is 2.24. The summed E-state index contributed by atoms with van der Waals surface area (Å²) < 4.78 is 1.90. The van der Waals surface area contributed by atoms with Crippen LogP contribution in [-0.4, -0.2) is 29.0 Å². The third-order valence-electron chi connectivity index (χ3n) is 3.84. The van der Waals surface area contributed by atoms with Crippen LogP contribution in [0.3, 0.4) is 0 Å². The first-order chi connectivity index (χ1) is 9.58. The zero-order chi connectivity index (χ0) is 14.3. The third-order valence-corrected chi connectivity index (χ3v) is 3.84. The Bertz CT molecular complexity index is 692. The van der Waals surface area contributed by atoms with Crippen LogP contribution in [-0.2, 0) is 7.05 Å². The lowest BCUT2D eigenvalue weighted by atomic mass is 9.97. The molecule has 0 aliphatic carbocycles. The van der Waals surface area contributed by atoms with Gasteiger partial charge >= 0.3 is 0 Å². The number of rotatable bonds is 1. The number of likely N-dealkylation sites (N-methyl/N-ethyl adjacent to an activating group) is 1. The summed E-state index contributed by atoms with van der Waals surface area (Å²) in [7, 11) is 3.76. The minimum Gasteiger partial charge on any atom is -0.346 e. The third kappa shape index (κ3) is 1.95. The number of hydrogen-bond donors (Lipinski definition) is 0. The molecule has 1 aliphatic heterocycles. The van der Waals surface area contributed by atoms with Crippen molar-refractivity contribution >= 4 is 11.5 Å². The number of aryl methyl sites for hydroxylation is 2. The molecule has 1 aromatic carbocycles. The van der Waals surface area contributed by atoms with Crippen molar-refractivity contribution in [3.05, 3.63) is 65.0 Å². The van der Waals surface area contributed by atoms with Gasteiger partial charge in [-0.1, -0.05) is 35.9 Å². The van der Waals surface area contributed by atoms with Crippen LogP contribution in [0, 0.1) is 6.92 Å². The molecule has 20 heavy (non-hydrogen) atoms. The number of benzene rings is 1. The number of fused-ring (bicyclic) bond motifs is 1. The van der Waals surface area contributed by atoms with Gasteiger partial charge in [0.05, 0.1) is 0 Å². The first-order valence-corrected chi connectivity index (χ1v) is 6.76. The normalized spacial score (nSPS) is 14.8. The van der Waals surface area contributed by atoms with E-state index in [2.05, 4.69) is 37.3 Å². The lowest BCUT2D eigenvalue weighted by molar-refractivity contribution is 0.0802. The first-order valence-electron chi connectivity index (χ1n) is 6.76. The largest absolute Gasteiger partial charge is 0.346 e. The van der Waals surface area contributed by atoms with Gasteiger partial charge < -0.3 is 9.47 Å². The van der Waals surface area contributed by atoms with E-state index in [1.165, 1.54) is 5.56 Å². The van der Waals surface area contributed by atoms with Gasteiger partial charge in [0.15, 0.2) is 0 Å². The molecule has 0 spiro atoms. The Balaban J connectivity index is 2.18. The molecule has 0 saturated carbocycles. The Morgan fingerprint density at radius 2 is 1.75 bits per heavy atom. The van der Waals surface area contributed by atoms with Crippen molar-refractivity contribution < 1.29 is 4.79 Å². The number of nitrogens with zero attached hydrogens (tertiary/aromatic N) is 2. The van der Waals surface area contributed by atoms with Crippen LogP contribution in [0.15, 0.2) is 42.6 Å². The van der Waals surface area contributed by atoms with Gasteiger partial charge in [-0.15, -0.1) is 0 Å². The minimum atomic E-state index is 0.0749. The van der Waals surface area contributed by atoms with Crippen molar-refractivity contribution in [1.29, 1.82) is 0 Å². The van der Waals surface area contributed by atoms with Crippen LogP contribution in [0.5, 0.6) is 0 Å². The Kier molecular flexibility index (Phi) is 2.97. The molecule has 0 fully saturated rings. The van der Waals surface area contributed by atoms with Gasteiger partial charge in [0.2, 0.25) is 0 Å². The molecule has 3 rings (SSSR count). The fourth-order valence-electron chi connectivity index (χ4n) is 2.62. The van der Waals surface area contributed by atoms with Crippen LogP contribution >= 0.6 is 0 Å². The van der Waals surface area contributed by atoms with Crippen molar-refractivity contribution in [2.24, 2.45) is 7.05 Å². The highest BCUT2D eigenvalue weighted by atomic mass is 16.2. The molecule has 2 heterocycles. The molecule has 0 unspecified atom stereocenters. The van der Waals surface area contributed by atoms with E-state index < -0.39 is 0 Å². The lowest BCUT2D eigenvalue weighted by Gasteiger charge is -2.13. The van der Waals surface area contributed by atoms with E-state index in [1.54, 1.807) is 4.90 Å². The fourth-order valence-corrected chi connectivity index (χ4v) is 2.62. The number of carbonyl (C=O) groups excluding carboxylic acids is 1. The highest BCUT2D eigenvalue weighted by Crippen LogP contribution is 2.30. The van der Waals surface area contributed by atoms with Gasteiger partial charge in [0, 0.05) is 32.4 Å². The monoisotopic (exact) mass is 266 g/mol. The summed E-state index contributed by atoms with van der Waals surface area (Å²) in [6, 6.07) is 10.5. The van der Waals surface area contributed by atoms with Gasteiger partial charge in [0.1, 0.15) is 5.69 Å². The Morgan fingerprint density at radius 1 is 1.05 bits per heavy atom. The van der Waals surface area contributed by atoms with E-state index in [1.807, 2.05) is 30.9 Å². The number of aromatic nitrogens is 1. The van der Waals surface area contributed by atoms with E-state index in [0.717, 1.165) is 22.4 Å². The first kappa shape index (κ1) is 12.7. The van der Waals surface area contributed by atoms with Crippen LogP contribution < -0.4 is 0 Å². The second kappa shape index (κ2) is 4.67. The minimum absolute atomic E-state index is 0.0749. The smallest absolute Gasteiger partial charge is 0.271 e. The summed E-state index contributed by atoms with van der Waals surface area (Å²) in [5, 5.41) is 0. The van der Waals surface area contributed by atoms with Crippen molar-refractivity contribution in [2.45, 2.75) is 6.92 Å². The summed E-state index contributed by atoms with van der Waals surface area (Å²) in [4.78, 5) is 14.2. The van der Waals surface area contributed by atoms with Gasteiger partial charge in [-0.3, -0.25) is 4.79 Å². The molecule has 1 amide bonds. The SMILES string of the molecule is Cc1ccc(C2=CCN(C)C(=O)c3c2ccn3C)cc1. The second-order valence-electron chi connectivity index (χ2n) is 5.36. The standard InChI is InChI=1S/C17H18N2O/c1-12-4-6-13(7-5-12)14-8-11-19(3)17(20)16-15(14)9-10-18(16)2/h4-10H,11H2,1-3H3. The van der Waals surface area contributed by atoms with Crippen LogP contribution in [0.4, 0.5) is 0 Å². The maximum atomic E-state index is 12.4. The van der Waals surface area contributed by atoms with E-state index in [0.29, 0.717) is 6.54 Å². The van der Waals surface area contributed by atoms with Gasteiger partial charge in [-0.05, 0) is 24.1 Å². The Hall–Kier alpha value is -2.29. The van der Waals surface area contributed by atoms with E-state index in [9.17, 15) is 4.79 Å². The van der Waals surface area contributed by atoms with Crippen molar-refractivity contribution in [3.8, 4) is 0 Å². The summed E-state index contributed by atoms with van der Waals surface area (Å²) in [5.41, 5.74) is 5.32. The molecule has 1 aromatic heterocycles. The molecule has 0 radical (unpaired) electrons. The molecule has 0 atom stereocenters. The molecule has 0 saturated heterocycles. The predicted molar refractivity (Wildman–Crippen MR) is 80.6 cm³/mol. The number of carbonyl (C=O) groups is 1. The Morgan fingerprint density at radius 3 is 2.45 bits per heavy atom. The van der Waals surface area contributed by atoms with Crippen LogP contribution in [0.2, 0.25) is 0 Å². The van der Waals surface area contributed by atoms with E-state index in [-0.39, 0.29) is 5.91 Å². The molecule has 102 valence electrons. The van der Waals surface area contributed by atoms with Crippen molar-refractivity contribution in [1.82, 2.24) is 9.47 Å². The topological polar surface area (TPSA) is 25.2 Å². The molecule has 3 heteroatoms. The molecule has 1 aliphatic rings. The zero-order valence-corrected chi connectivity index (χ0v) is 12.1. The van der Waals surface area contributed by atoms with Gasteiger partial charge in [0.25, 0.3) is 5.91 Å². The number of hydrogen-bond acceptors (Lipinski definition) is 1. The summed E-state index contributed by atoms with van der Waals surface area (Å²) in [6.45, 7) is 2.72. The van der Waals surface area contributed by atoms with Crippen molar-refractivity contribution in [2.75, 3.05) is 13.6 Å². The maximum Gasteiger partial charge on any atom is 0.271 e. The number of amides is 1. The molecule has 0 N–H and O–H groups in total. The summed E-state index contributed by atoms with van der Waals surface area (Å²) in [6.07, 6.45) is 4.08. The van der Waals surface area contributed by atoms with E-state index in [4.69, 9.17) is 0 Å². The molecule has 0 bridgehead atoms. The Labute approximate surface area is 119 Å². The summed E-state index contributed by atoms with van der Waals surface area (Å²) in [5.74, 6) is 0.0749. The maximum absolute atomic E-state index is 12.4. The fraction of sp³-hybridized carbons (Fsp3) is 0.235. The van der Waals surface area contributed by atoms with Crippen LogP contribution in [0.1, 0.15) is 27.2 Å². The summed E-state index contributed by atoms with van der Waals surface area (Å²) >= 11 is 0.